The number of alkyl halides is 8. The first kappa shape index (κ1) is 55.7. The maximum atomic E-state index is 15.2. The molecule has 392 valence electrons. The highest BCUT2D eigenvalue weighted by Gasteiger charge is 2.37. The number of esters is 1. The van der Waals surface area contributed by atoms with E-state index in [0.29, 0.717) is 65.7 Å². The van der Waals surface area contributed by atoms with Gasteiger partial charge in [-0.3, -0.25) is 4.79 Å². The van der Waals surface area contributed by atoms with Gasteiger partial charge in [-0.25, -0.2) is 8.78 Å². The number of aromatic nitrogens is 2. The van der Waals surface area contributed by atoms with Crippen molar-refractivity contribution in [3.05, 3.63) is 107 Å². The normalized spacial score (nSPS) is 13.4. The second-order valence-corrected chi connectivity index (χ2v) is 21.5. The summed E-state index contributed by atoms with van der Waals surface area (Å²) in [5.41, 5.74) is 5.97. The van der Waals surface area contributed by atoms with Crippen LogP contribution in [0.2, 0.25) is 0 Å². The van der Waals surface area contributed by atoms with E-state index >= 15 is 8.78 Å². The van der Waals surface area contributed by atoms with Crippen molar-refractivity contribution in [1.82, 2.24) is 9.13 Å². The Morgan fingerprint density at radius 3 is 1.44 bits per heavy atom. The first-order valence-electron chi connectivity index (χ1n) is 24.5. The van der Waals surface area contributed by atoms with E-state index < -0.39 is 31.5 Å². The second kappa shape index (κ2) is 22.3. The fourth-order valence-electron chi connectivity index (χ4n) is 9.36. The number of carbonyl (C=O) groups excluding carboxylic acids is 1. The van der Waals surface area contributed by atoms with E-state index in [0.717, 1.165) is 32.9 Å². The molecule has 6 aromatic rings. The quantitative estimate of drug-likeness (QED) is 0.0408. The third kappa shape index (κ3) is 15.5. The predicted molar refractivity (Wildman–Crippen MR) is 267 cm³/mol. The number of nitrogens with zero attached hydrogens (tertiary/aromatic N) is 2. The minimum Gasteiger partial charge on any atom is -0.465 e. The lowest BCUT2D eigenvalue weighted by molar-refractivity contribution is -0.275. The third-order valence-corrected chi connectivity index (χ3v) is 13.1. The van der Waals surface area contributed by atoms with Crippen molar-refractivity contribution in [2.45, 2.75) is 138 Å². The predicted octanol–water partition coefficient (Wildman–Crippen LogP) is 16.2. The summed E-state index contributed by atoms with van der Waals surface area (Å²) in [6.07, 6.45) is -8.03. The maximum absolute atomic E-state index is 15.2. The number of hydrogen-bond donors (Lipinski definition) is 0. The van der Waals surface area contributed by atoms with E-state index in [1.165, 1.54) is 12.1 Å². The zero-order chi connectivity index (χ0) is 53.0. The molecule has 2 heterocycles. The van der Waals surface area contributed by atoms with Crippen molar-refractivity contribution in [2.75, 3.05) is 13.2 Å². The van der Waals surface area contributed by atoms with Gasteiger partial charge >= 0.3 is 18.7 Å². The molecule has 0 N–H and O–H groups in total. The molecule has 4 aromatic carbocycles. The smallest absolute Gasteiger partial charge is 0.465 e. The van der Waals surface area contributed by atoms with Crippen LogP contribution in [0, 0.1) is 30.6 Å². The minimum atomic E-state index is -4.87. The third-order valence-electron chi connectivity index (χ3n) is 13.1. The topological polar surface area (TPSA) is 63.9 Å². The van der Waals surface area contributed by atoms with Gasteiger partial charge in [0, 0.05) is 66.5 Å². The summed E-state index contributed by atoms with van der Waals surface area (Å²) in [4.78, 5) is 13.0. The van der Waals surface area contributed by atoms with Crippen LogP contribution in [0.1, 0.15) is 109 Å². The van der Waals surface area contributed by atoms with Crippen LogP contribution in [0.4, 0.5) is 35.1 Å². The first-order chi connectivity index (χ1) is 33.4. The fourth-order valence-corrected chi connectivity index (χ4v) is 9.36. The van der Waals surface area contributed by atoms with E-state index in [-0.39, 0.29) is 66.4 Å². The van der Waals surface area contributed by atoms with Gasteiger partial charge in [0.15, 0.2) is 0 Å². The monoisotopic (exact) mass is 1010 g/mol. The molecule has 0 aliphatic rings. The molecule has 0 bridgehead atoms. The molecule has 15 heteroatoms. The summed E-state index contributed by atoms with van der Waals surface area (Å²) < 4.78 is 135. The molecule has 0 spiro atoms. The Kier molecular flexibility index (Phi) is 17.2. The van der Waals surface area contributed by atoms with Crippen molar-refractivity contribution in [3.8, 4) is 34.0 Å². The van der Waals surface area contributed by atoms with E-state index in [9.17, 15) is 31.1 Å². The van der Waals surface area contributed by atoms with Gasteiger partial charge in [-0.05, 0) is 153 Å². The van der Waals surface area contributed by atoms with Gasteiger partial charge in [0.1, 0.15) is 11.5 Å². The van der Waals surface area contributed by atoms with Crippen LogP contribution in [0.25, 0.3) is 44.3 Å². The number of carbonyl (C=O) groups is 1. The Labute approximate surface area is 417 Å². The van der Waals surface area contributed by atoms with Crippen LogP contribution >= 0.6 is 0 Å². The summed E-state index contributed by atoms with van der Waals surface area (Å²) in [7, 11) is 3.56. The molecule has 0 fully saturated rings. The van der Waals surface area contributed by atoms with Crippen LogP contribution in [0.5, 0.6) is 11.5 Å². The molecule has 1 unspecified atom stereocenters. The Morgan fingerprint density at radius 2 is 1.03 bits per heavy atom. The first-order valence-corrected chi connectivity index (χ1v) is 24.5. The van der Waals surface area contributed by atoms with Crippen LogP contribution in [0.15, 0.2) is 84.9 Å². The van der Waals surface area contributed by atoms with Crippen molar-refractivity contribution in [1.29, 1.82) is 0 Å². The van der Waals surface area contributed by atoms with Crippen molar-refractivity contribution < 1.29 is 58.9 Å². The standard InChI is InChI=1S/C57H68F8N2O5/c1-36-13-21-43(50(29-36)71-56(60,61)62)48-33-40-31-38(17-23-46(40)66(48)9)15-19-42(69-27-11-25-55(58,59)26-12-28-70-52(68)45(54(6,7)8)35-53(3,4)5)20-16-39-18-24-47-41(32-39)34-49(67(47)10)44-22-14-37(2)30-51(44)72-57(63,64)65/h13-14,17-18,21-24,29-34,42,45H,11-12,15-16,19-20,25-28,35H2,1-10H3. The number of aryl methyl sites for hydroxylation is 6. The highest BCUT2D eigenvalue weighted by Crippen LogP contribution is 2.41. The second-order valence-electron chi connectivity index (χ2n) is 21.5. The highest BCUT2D eigenvalue weighted by atomic mass is 19.4. The number of ether oxygens (including phenoxy) is 4. The fraction of sp³-hybridized carbons (Fsp3) is 0.491. The molecule has 0 radical (unpaired) electrons. The van der Waals surface area contributed by atoms with Crippen molar-refractivity contribution in [2.24, 2.45) is 30.8 Å². The minimum absolute atomic E-state index is 0.0239. The largest absolute Gasteiger partial charge is 0.573 e. The average Bonchev–Trinajstić information content (AvgIpc) is 3.76. The van der Waals surface area contributed by atoms with Crippen molar-refractivity contribution >= 4 is 27.8 Å². The molecular formula is C57H68F8N2O5. The molecule has 72 heavy (non-hydrogen) atoms. The SMILES string of the molecule is Cc1ccc(-c2cc3cc(CCC(CCc4ccc5c(c4)cc(-c4ccc(C)cc4OC(F)(F)F)n5C)OCCCC(F)(F)CCCOC(=O)C(CC(C)(C)C)C(C)(C)C)ccc3n2C)c(OC(F)(F)F)c1. The van der Waals surface area contributed by atoms with Crippen LogP contribution in [0.3, 0.4) is 0 Å². The molecule has 0 amide bonds. The lowest BCUT2D eigenvalue weighted by atomic mass is 9.72. The number of benzene rings is 4. The molecule has 0 aliphatic heterocycles. The highest BCUT2D eigenvalue weighted by molar-refractivity contribution is 5.90. The summed E-state index contributed by atoms with van der Waals surface area (Å²) in [6.45, 7) is 15.5. The number of halogens is 8. The number of fused-ring (bicyclic) bond motifs is 2. The van der Waals surface area contributed by atoms with E-state index in [4.69, 9.17) is 9.47 Å². The molecule has 2 aromatic heterocycles. The zero-order valence-corrected chi connectivity index (χ0v) is 43.0. The van der Waals surface area contributed by atoms with Crippen LogP contribution in [-0.2, 0) is 41.2 Å². The van der Waals surface area contributed by atoms with Gasteiger partial charge in [-0.2, -0.15) is 0 Å². The zero-order valence-electron chi connectivity index (χ0n) is 43.0. The van der Waals surface area contributed by atoms with E-state index in [1.54, 1.807) is 52.2 Å². The molecule has 1 atom stereocenters. The number of hydrogen-bond acceptors (Lipinski definition) is 5. The maximum Gasteiger partial charge on any atom is 0.573 e. The van der Waals surface area contributed by atoms with Gasteiger partial charge in [0.05, 0.1) is 30.0 Å². The van der Waals surface area contributed by atoms with Gasteiger partial charge in [-0.15, -0.1) is 26.3 Å². The number of rotatable bonds is 21. The molecule has 0 saturated heterocycles. The summed E-state index contributed by atoms with van der Waals surface area (Å²) in [5, 5.41) is 1.63. The summed E-state index contributed by atoms with van der Waals surface area (Å²) >= 11 is 0. The Morgan fingerprint density at radius 1 is 0.583 bits per heavy atom. The van der Waals surface area contributed by atoms with E-state index in [2.05, 4.69) is 30.2 Å². The van der Waals surface area contributed by atoms with Gasteiger partial charge in [0.25, 0.3) is 0 Å². The molecule has 6 rings (SSSR count). The summed E-state index contributed by atoms with van der Waals surface area (Å²) in [6, 6.07) is 24.8. The molecule has 7 nitrogen and oxygen atoms in total. The lowest BCUT2D eigenvalue weighted by Gasteiger charge is -2.33. The van der Waals surface area contributed by atoms with Gasteiger partial charge < -0.3 is 28.1 Å². The van der Waals surface area contributed by atoms with Crippen LogP contribution in [-0.4, -0.2) is 53.1 Å². The van der Waals surface area contributed by atoms with E-state index in [1.807, 2.05) is 78.4 Å². The Hall–Kier alpha value is -5.57. The van der Waals surface area contributed by atoms with Gasteiger partial charge in [-0.1, -0.05) is 65.8 Å². The molecule has 0 saturated carbocycles. The van der Waals surface area contributed by atoms with Crippen LogP contribution < -0.4 is 9.47 Å². The Balaban J connectivity index is 1.15. The Bertz CT molecular complexity index is 2660. The molecular weight excluding hydrogens is 945 g/mol. The molecule has 0 aliphatic carbocycles. The lowest BCUT2D eigenvalue weighted by Crippen LogP contribution is -2.34. The van der Waals surface area contributed by atoms with Gasteiger partial charge in [0.2, 0.25) is 5.92 Å². The summed E-state index contributed by atoms with van der Waals surface area (Å²) in [5.74, 6) is -4.32. The average molecular weight is 1010 g/mol. The van der Waals surface area contributed by atoms with Crippen molar-refractivity contribution in [3.63, 3.8) is 0 Å².